The van der Waals surface area contributed by atoms with Crippen LogP contribution in [0.3, 0.4) is 0 Å². The molecule has 1 aliphatic heterocycles. The molecule has 2 heterocycles. The van der Waals surface area contributed by atoms with E-state index in [1.54, 1.807) is 0 Å². The predicted octanol–water partition coefficient (Wildman–Crippen LogP) is 1.87. The van der Waals surface area contributed by atoms with E-state index in [0.29, 0.717) is 11.3 Å². The molecule has 1 fully saturated rings. The maximum absolute atomic E-state index is 4.02. The lowest BCUT2D eigenvalue weighted by atomic mass is 9.78. The Morgan fingerprint density at radius 1 is 1.30 bits per heavy atom. The van der Waals surface area contributed by atoms with Crippen LogP contribution in [0.25, 0.3) is 0 Å². The quantitative estimate of drug-likeness (QED) is 0.922. The van der Waals surface area contributed by atoms with Gasteiger partial charge in [-0.15, -0.1) is 10.2 Å². The van der Waals surface area contributed by atoms with Crippen molar-refractivity contribution in [2.45, 2.75) is 26.2 Å². The summed E-state index contributed by atoms with van der Waals surface area (Å²) in [6.07, 6.45) is 0.855. The Kier molecular flexibility index (Phi) is 3.53. The summed E-state index contributed by atoms with van der Waals surface area (Å²) in [7, 11) is 0. The predicted molar refractivity (Wildman–Crippen MR) is 77.3 cm³/mol. The first-order valence-corrected chi connectivity index (χ1v) is 7.15. The zero-order valence-electron chi connectivity index (χ0n) is 12.1. The van der Waals surface area contributed by atoms with Gasteiger partial charge in [0.05, 0.1) is 0 Å². The van der Waals surface area contributed by atoms with Gasteiger partial charge in [-0.2, -0.15) is 5.21 Å². The number of aromatic amines is 1. The van der Waals surface area contributed by atoms with Crippen molar-refractivity contribution in [1.29, 1.82) is 0 Å². The third-order valence-corrected chi connectivity index (χ3v) is 4.26. The van der Waals surface area contributed by atoms with Gasteiger partial charge >= 0.3 is 0 Å². The van der Waals surface area contributed by atoms with Crippen LogP contribution < -0.4 is 0 Å². The summed E-state index contributed by atoms with van der Waals surface area (Å²) in [6, 6.07) is 10.8. The number of hydrogen-bond donors (Lipinski definition) is 1. The fourth-order valence-electron chi connectivity index (χ4n) is 3.22. The van der Waals surface area contributed by atoms with Crippen molar-refractivity contribution in [3.63, 3.8) is 0 Å². The molecule has 1 saturated heterocycles. The van der Waals surface area contributed by atoms with Crippen molar-refractivity contribution in [3.8, 4) is 0 Å². The molecule has 5 nitrogen and oxygen atoms in total. The first-order valence-electron chi connectivity index (χ1n) is 7.15. The smallest absolute Gasteiger partial charge is 0.175 e. The molecule has 2 aromatic rings. The second-order valence-electron chi connectivity index (χ2n) is 6.26. The van der Waals surface area contributed by atoms with Gasteiger partial charge < -0.3 is 4.90 Å². The van der Waals surface area contributed by atoms with Crippen molar-refractivity contribution in [1.82, 2.24) is 25.5 Å². The molecule has 5 heteroatoms. The Labute approximate surface area is 119 Å². The van der Waals surface area contributed by atoms with Gasteiger partial charge in [-0.25, -0.2) is 0 Å². The normalized spacial score (nSPS) is 22.2. The fourth-order valence-corrected chi connectivity index (χ4v) is 3.22. The second-order valence-corrected chi connectivity index (χ2v) is 6.26. The maximum Gasteiger partial charge on any atom is 0.175 e. The molecule has 0 spiro atoms. The van der Waals surface area contributed by atoms with E-state index in [1.807, 2.05) is 0 Å². The molecule has 1 atom stereocenters. The highest BCUT2D eigenvalue weighted by molar-refractivity contribution is 5.24. The van der Waals surface area contributed by atoms with Gasteiger partial charge in [0.15, 0.2) is 5.82 Å². The van der Waals surface area contributed by atoms with E-state index in [0.717, 1.165) is 31.9 Å². The second kappa shape index (κ2) is 5.32. The molecular formula is C15H21N5. The minimum Gasteiger partial charge on any atom is -0.302 e. The fraction of sp³-hybridized carbons (Fsp3) is 0.533. The van der Waals surface area contributed by atoms with E-state index in [1.165, 1.54) is 5.56 Å². The largest absolute Gasteiger partial charge is 0.302 e. The van der Waals surface area contributed by atoms with Gasteiger partial charge in [-0.1, -0.05) is 49.4 Å². The Balaban J connectivity index is 1.66. The summed E-state index contributed by atoms with van der Waals surface area (Å²) in [5, 5.41) is 14.1. The highest BCUT2D eigenvalue weighted by Crippen LogP contribution is 2.42. The molecule has 0 bridgehead atoms. The number of rotatable bonds is 4. The number of nitrogens with one attached hydrogen (secondary N) is 1. The van der Waals surface area contributed by atoms with Gasteiger partial charge in [0, 0.05) is 32.0 Å². The van der Waals surface area contributed by atoms with E-state index in [4.69, 9.17) is 0 Å². The van der Waals surface area contributed by atoms with E-state index in [2.05, 4.69) is 69.7 Å². The van der Waals surface area contributed by atoms with Crippen molar-refractivity contribution in [2.75, 3.05) is 19.6 Å². The number of H-pyrrole nitrogens is 1. The molecule has 1 aliphatic rings. The van der Waals surface area contributed by atoms with Crippen LogP contribution in [0.15, 0.2) is 30.3 Å². The third kappa shape index (κ3) is 2.72. The SMILES string of the molecule is CC1(C)CN(CCc2nn[nH]n2)C[C@@H]1c1ccccc1. The van der Waals surface area contributed by atoms with Crippen LogP contribution in [-0.2, 0) is 6.42 Å². The molecule has 0 saturated carbocycles. The van der Waals surface area contributed by atoms with Gasteiger partial charge in [0.2, 0.25) is 0 Å². The molecule has 0 unspecified atom stereocenters. The maximum atomic E-state index is 4.02. The van der Waals surface area contributed by atoms with Crippen LogP contribution in [0, 0.1) is 5.41 Å². The summed E-state index contributed by atoms with van der Waals surface area (Å²) in [5.74, 6) is 1.39. The first-order chi connectivity index (χ1) is 9.65. The number of benzene rings is 1. The third-order valence-electron chi connectivity index (χ3n) is 4.26. The number of aromatic nitrogens is 4. The molecule has 0 amide bonds. The number of hydrogen-bond acceptors (Lipinski definition) is 4. The average Bonchev–Trinajstić information content (AvgIpc) is 3.04. The summed E-state index contributed by atoms with van der Waals surface area (Å²) in [6.45, 7) is 7.93. The van der Waals surface area contributed by atoms with Crippen molar-refractivity contribution < 1.29 is 0 Å². The number of likely N-dealkylation sites (tertiary alicyclic amines) is 1. The Hall–Kier alpha value is -1.75. The molecule has 1 N–H and O–H groups in total. The standard InChI is InChI=1S/C15H21N5/c1-15(2)11-20(9-8-14-16-18-19-17-14)10-13(15)12-6-4-3-5-7-12/h3-7,13H,8-11H2,1-2H3,(H,16,17,18,19)/t13-/m1/s1. The first kappa shape index (κ1) is 13.2. The summed E-state index contributed by atoms with van der Waals surface area (Å²) < 4.78 is 0. The topological polar surface area (TPSA) is 57.7 Å². The van der Waals surface area contributed by atoms with Crippen molar-refractivity contribution in [3.05, 3.63) is 41.7 Å². The monoisotopic (exact) mass is 271 g/mol. The van der Waals surface area contributed by atoms with Crippen LogP contribution in [0.5, 0.6) is 0 Å². The van der Waals surface area contributed by atoms with Crippen molar-refractivity contribution >= 4 is 0 Å². The van der Waals surface area contributed by atoms with E-state index in [-0.39, 0.29) is 0 Å². The van der Waals surface area contributed by atoms with Crippen LogP contribution in [-0.4, -0.2) is 45.2 Å². The van der Waals surface area contributed by atoms with Crippen LogP contribution in [0.2, 0.25) is 0 Å². The Bertz CT molecular complexity index is 535. The molecule has 1 aromatic heterocycles. The lowest BCUT2D eigenvalue weighted by Gasteiger charge is -2.26. The highest BCUT2D eigenvalue weighted by Gasteiger charge is 2.39. The van der Waals surface area contributed by atoms with Crippen LogP contribution >= 0.6 is 0 Å². The van der Waals surface area contributed by atoms with E-state index >= 15 is 0 Å². The minimum atomic E-state index is 0.304. The van der Waals surface area contributed by atoms with E-state index in [9.17, 15) is 0 Å². The molecular weight excluding hydrogens is 250 g/mol. The summed E-state index contributed by atoms with van der Waals surface area (Å²) >= 11 is 0. The van der Waals surface area contributed by atoms with Crippen LogP contribution in [0.1, 0.15) is 31.2 Å². The van der Waals surface area contributed by atoms with Gasteiger partial charge in [-0.3, -0.25) is 0 Å². The molecule has 0 aliphatic carbocycles. The lowest BCUT2D eigenvalue weighted by Crippen LogP contribution is -2.25. The molecule has 0 radical (unpaired) electrons. The van der Waals surface area contributed by atoms with Crippen molar-refractivity contribution in [2.24, 2.45) is 5.41 Å². The molecule has 3 rings (SSSR count). The van der Waals surface area contributed by atoms with Gasteiger partial charge in [-0.05, 0) is 11.0 Å². The van der Waals surface area contributed by atoms with Crippen LogP contribution in [0.4, 0.5) is 0 Å². The van der Waals surface area contributed by atoms with Gasteiger partial charge in [0.25, 0.3) is 0 Å². The summed E-state index contributed by atoms with van der Waals surface area (Å²) in [5.41, 5.74) is 1.75. The van der Waals surface area contributed by atoms with Gasteiger partial charge in [0.1, 0.15) is 0 Å². The minimum absolute atomic E-state index is 0.304. The summed E-state index contributed by atoms with van der Waals surface area (Å²) in [4.78, 5) is 2.51. The number of nitrogens with zero attached hydrogens (tertiary/aromatic N) is 4. The molecule has 20 heavy (non-hydrogen) atoms. The Morgan fingerprint density at radius 2 is 2.10 bits per heavy atom. The zero-order valence-corrected chi connectivity index (χ0v) is 12.1. The Morgan fingerprint density at radius 3 is 2.80 bits per heavy atom. The molecule has 1 aromatic carbocycles. The lowest BCUT2D eigenvalue weighted by molar-refractivity contribution is 0.289. The van der Waals surface area contributed by atoms with E-state index < -0.39 is 0 Å². The highest BCUT2D eigenvalue weighted by atomic mass is 15.5. The zero-order chi connectivity index (χ0) is 14.0. The number of tetrazole rings is 1. The molecule has 106 valence electrons. The average molecular weight is 271 g/mol.